The summed E-state index contributed by atoms with van der Waals surface area (Å²) in [4.78, 5) is 0. The van der Waals surface area contributed by atoms with Crippen LogP contribution < -0.4 is 5.73 Å². The molecule has 2 N–H and O–H groups in total. The van der Waals surface area contributed by atoms with Gasteiger partial charge in [0.2, 0.25) is 0 Å². The molecule has 28 heavy (non-hydrogen) atoms. The molecule has 0 heterocycles. The fourth-order valence-corrected chi connectivity index (χ4v) is 4.87. The van der Waals surface area contributed by atoms with Crippen molar-refractivity contribution in [2.45, 2.75) is 39.5 Å². The zero-order chi connectivity index (χ0) is 20.7. The van der Waals surface area contributed by atoms with Crippen molar-refractivity contribution < 1.29 is 0 Å². The summed E-state index contributed by atoms with van der Waals surface area (Å²) >= 11 is 6.24. The minimum atomic E-state index is -1.60. The van der Waals surface area contributed by atoms with Crippen molar-refractivity contribution in [2.75, 3.05) is 0 Å². The summed E-state index contributed by atoms with van der Waals surface area (Å²) in [5.41, 5.74) is 6.81. The number of nitriles is 3. The van der Waals surface area contributed by atoms with E-state index in [4.69, 9.17) is 17.3 Å². The number of nitrogens with zero attached hydrogens (tertiary/aromatic N) is 3. The summed E-state index contributed by atoms with van der Waals surface area (Å²) in [7, 11) is 0. The summed E-state index contributed by atoms with van der Waals surface area (Å²) in [6.07, 6.45) is 3.73. The van der Waals surface area contributed by atoms with E-state index in [0.29, 0.717) is 16.5 Å². The average molecular weight is 391 g/mol. The van der Waals surface area contributed by atoms with Gasteiger partial charge in [-0.1, -0.05) is 50.6 Å². The van der Waals surface area contributed by atoms with Gasteiger partial charge in [-0.15, -0.1) is 0 Å². The summed E-state index contributed by atoms with van der Waals surface area (Å²) < 4.78 is 0. The third-order valence-electron chi connectivity index (χ3n) is 6.31. The van der Waals surface area contributed by atoms with Crippen molar-refractivity contribution in [1.29, 1.82) is 15.8 Å². The SMILES string of the molecule is CC(C)(C)C1CC=C2C(C#N)=C(N)C(C#N)(C#N)[C@@H](c3cccc(Cl)c3)[C@@H]2C1. The van der Waals surface area contributed by atoms with E-state index in [9.17, 15) is 15.8 Å². The van der Waals surface area contributed by atoms with Gasteiger partial charge in [-0.3, -0.25) is 0 Å². The number of rotatable bonds is 1. The van der Waals surface area contributed by atoms with Crippen molar-refractivity contribution in [1.82, 2.24) is 0 Å². The zero-order valence-corrected chi connectivity index (χ0v) is 17.1. The lowest BCUT2D eigenvalue weighted by Gasteiger charge is -2.47. The number of allylic oxidation sites excluding steroid dienone is 4. The zero-order valence-electron chi connectivity index (χ0n) is 16.3. The van der Waals surface area contributed by atoms with Crippen molar-refractivity contribution in [2.24, 2.45) is 28.4 Å². The van der Waals surface area contributed by atoms with Crippen LogP contribution in [0.5, 0.6) is 0 Å². The number of hydrogen-bond acceptors (Lipinski definition) is 4. The Morgan fingerprint density at radius 3 is 2.39 bits per heavy atom. The van der Waals surface area contributed by atoms with Gasteiger partial charge >= 0.3 is 0 Å². The van der Waals surface area contributed by atoms with Gasteiger partial charge in [0.1, 0.15) is 6.07 Å². The standard InChI is InChI=1S/C23H23ClN4/c1-22(2,3)15-7-8-17-18(10-15)20(14-5-4-6-16(24)9-14)23(12-26,13-27)21(28)19(17)11-25/h4-6,8-9,15,18,20H,7,10,28H2,1-3H3/t15?,18-,20+/m1/s1. The van der Waals surface area contributed by atoms with Crippen LogP contribution in [0.2, 0.25) is 5.02 Å². The third kappa shape index (κ3) is 2.97. The van der Waals surface area contributed by atoms with Gasteiger partial charge in [-0.25, -0.2) is 0 Å². The Labute approximate surface area is 171 Å². The Morgan fingerprint density at radius 2 is 1.86 bits per heavy atom. The summed E-state index contributed by atoms with van der Waals surface area (Å²) in [5, 5.41) is 30.5. The van der Waals surface area contributed by atoms with E-state index in [1.54, 1.807) is 12.1 Å². The van der Waals surface area contributed by atoms with E-state index in [1.165, 1.54) is 0 Å². The molecular weight excluding hydrogens is 368 g/mol. The van der Waals surface area contributed by atoms with E-state index in [2.05, 4.69) is 45.1 Å². The molecule has 0 saturated carbocycles. The predicted molar refractivity (Wildman–Crippen MR) is 108 cm³/mol. The number of hydrogen-bond donors (Lipinski definition) is 1. The lowest BCUT2D eigenvalue weighted by atomic mass is 9.54. The van der Waals surface area contributed by atoms with Crippen molar-refractivity contribution in [3.8, 4) is 18.2 Å². The normalized spacial score (nSPS) is 26.3. The predicted octanol–water partition coefficient (Wildman–Crippen LogP) is 5.21. The minimum absolute atomic E-state index is 0.0571. The van der Waals surface area contributed by atoms with Crippen LogP contribution in [0.3, 0.4) is 0 Å². The third-order valence-corrected chi connectivity index (χ3v) is 6.54. The molecule has 0 saturated heterocycles. The first-order valence-corrected chi connectivity index (χ1v) is 9.76. The second kappa shape index (κ2) is 7.01. The molecule has 5 heteroatoms. The molecule has 0 fully saturated rings. The van der Waals surface area contributed by atoms with Crippen LogP contribution in [-0.2, 0) is 0 Å². The Kier molecular flexibility index (Phi) is 5.01. The maximum absolute atomic E-state index is 10.1. The molecule has 142 valence electrons. The first-order chi connectivity index (χ1) is 13.2. The Bertz CT molecular complexity index is 977. The van der Waals surface area contributed by atoms with Crippen molar-refractivity contribution >= 4 is 11.6 Å². The first kappa shape index (κ1) is 20.0. The van der Waals surface area contributed by atoms with Gasteiger partial charge in [-0.2, -0.15) is 15.8 Å². The molecule has 3 atom stereocenters. The van der Waals surface area contributed by atoms with E-state index >= 15 is 0 Å². The highest BCUT2D eigenvalue weighted by atomic mass is 35.5. The van der Waals surface area contributed by atoms with Crippen LogP contribution >= 0.6 is 11.6 Å². The molecule has 0 amide bonds. The lowest BCUT2D eigenvalue weighted by molar-refractivity contribution is 0.170. The van der Waals surface area contributed by atoms with E-state index < -0.39 is 11.3 Å². The number of benzene rings is 1. The van der Waals surface area contributed by atoms with Gasteiger partial charge < -0.3 is 5.73 Å². The topological polar surface area (TPSA) is 97.4 Å². The Morgan fingerprint density at radius 1 is 1.18 bits per heavy atom. The van der Waals surface area contributed by atoms with Gasteiger partial charge in [-0.05, 0) is 53.4 Å². The molecule has 0 bridgehead atoms. The fourth-order valence-electron chi connectivity index (χ4n) is 4.67. The molecule has 0 aromatic heterocycles. The minimum Gasteiger partial charge on any atom is -0.399 e. The first-order valence-electron chi connectivity index (χ1n) is 9.38. The average Bonchev–Trinajstić information content (AvgIpc) is 2.66. The van der Waals surface area contributed by atoms with E-state index in [-0.39, 0.29) is 17.0 Å². The van der Waals surface area contributed by atoms with Crippen LogP contribution in [0.1, 0.15) is 45.1 Å². The quantitative estimate of drug-likeness (QED) is 0.711. The lowest BCUT2D eigenvalue weighted by Crippen LogP contribution is -2.44. The maximum atomic E-state index is 10.1. The molecule has 0 spiro atoms. The number of nitrogens with two attached hydrogens (primary N) is 1. The summed E-state index contributed by atoms with van der Waals surface area (Å²) in [5.74, 6) is -0.246. The maximum Gasteiger partial charge on any atom is 0.191 e. The Hall–Kier alpha value is -2.74. The number of halogens is 1. The van der Waals surface area contributed by atoms with Crippen LogP contribution in [0.25, 0.3) is 0 Å². The largest absolute Gasteiger partial charge is 0.399 e. The van der Waals surface area contributed by atoms with Crippen LogP contribution in [0.4, 0.5) is 0 Å². The van der Waals surface area contributed by atoms with Crippen molar-refractivity contribution in [3.05, 3.63) is 57.8 Å². The monoisotopic (exact) mass is 390 g/mol. The summed E-state index contributed by atoms with van der Waals surface area (Å²) in [6.45, 7) is 6.60. The molecule has 1 aromatic carbocycles. The second-order valence-electron chi connectivity index (χ2n) is 8.77. The van der Waals surface area contributed by atoms with Crippen LogP contribution in [0, 0.1) is 56.7 Å². The van der Waals surface area contributed by atoms with Gasteiger partial charge in [0.15, 0.2) is 5.41 Å². The van der Waals surface area contributed by atoms with Crippen molar-refractivity contribution in [3.63, 3.8) is 0 Å². The molecule has 0 radical (unpaired) electrons. The molecule has 0 aliphatic heterocycles. The highest BCUT2D eigenvalue weighted by Gasteiger charge is 2.55. The Balaban J connectivity index is 2.31. The highest BCUT2D eigenvalue weighted by molar-refractivity contribution is 6.30. The van der Waals surface area contributed by atoms with Gasteiger partial charge in [0, 0.05) is 10.9 Å². The summed E-state index contributed by atoms with van der Waals surface area (Å²) in [6, 6.07) is 13.8. The fraction of sp³-hybridized carbons (Fsp3) is 0.435. The van der Waals surface area contributed by atoms with Gasteiger partial charge in [0.05, 0.1) is 23.4 Å². The number of fused-ring (bicyclic) bond motifs is 1. The van der Waals surface area contributed by atoms with E-state index in [0.717, 1.165) is 24.0 Å². The molecule has 1 unspecified atom stereocenters. The van der Waals surface area contributed by atoms with Crippen LogP contribution in [0.15, 0.2) is 47.2 Å². The second-order valence-corrected chi connectivity index (χ2v) is 9.20. The molecular formula is C23H23ClN4. The highest BCUT2D eigenvalue weighted by Crippen LogP contribution is 2.58. The van der Waals surface area contributed by atoms with E-state index in [1.807, 2.05) is 12.1 Å². The molecule has 1 aromatic rings. The molecule has 3 rings (SSSR count). The van der Waals surface area contributed by atoms with Gasteiger partial charge in [0.25, 0.3) is 0 Å². The molecule has 2 aliphatic carbocycles. The molecule has 2 aliphatic rings. The van der Waals surface area contributed by atoms with Crippen LogP contribution in [-0.4, -0.2) is 0 Å². The smallest absolute Gasteiger partial charge is 0.191 e. The molecule has 4 nitrogen and oxygen atoms in total.